The number of allylic oxidation sites excluding steroid dienone is 1. The van der Waals surface area contributed by atoms with Crippen LogP contribution in [0.1, 0.15) is 31.2 Å². The summed E-state index contributed by atoms with van der Waals surface area (Å²) in [6.07, 6.45) is 8.93. The Morgan fingerprint density at radius 1 is 1.21 bits per heavy atom. The molecule has 1 heterocycles. The minimum atomic E-state index is -0.0768. The van der Waals surface area contributed by atoms with Crippen molar-refractivity contribution in [2.45, 2.75) is 38.4 Å². The Hall–Kier alpha value is -1.32. The molecule has 2 rings (SSSR count). The van der Waals surface area contributed by atoms with Crippen molar-refractivity contribution in [1.82, 2.24) is 0 Å². The summed E-state index contributed by atoms with van der Waals surface area (Å²) in [6, 6.07) is 8.18. The van der Waals surface area contributed by atoms with E-state index in [1.807, 2.05) is 18.2 Å². The second kappa shape index (κ2) is 7.97. The van der Waals surface area contributed by atoms with Gasteiger partial charge in [0.25, 0.3) is 0 Å². The summed E-state index contributed by atoms with van der Waals surface area (Å²) in [6.45, 7) is 0.925. The first kappa shape index (κ1) is 14.1. The smallest absolute Gasteiger partial charge is 0.199 e. The fourth-order valence-electron chi connectivity index (χ4n) is 2.13. The maximum atomic E-state index is 8.64. The van der Waals surface area contributed by atoms with E-state index < -0.39 is 0 Å². The molecule has 1 aliphatic rings. The van der Waals surface area contributed by atoms with Crippen LogP contribution in [0.5, 0.6) is 5.75 Å². The molecule has 1 atom stereocenters. The third-order valence-corrected chi connectivity index (χ3v) is 3.20. The Balaban J connectivity index is 1.78. The van der Waals surface area contributed by atoms with E-state index in [1.165, 1.54) is 12.0 Å². The van der Waals surface area contributed by atoms with Crippen molar-refractivity contribution in [2.24, 2.45) is 0 Å². The van der Waals surface area contributed by atoms with Gasteiger partial charge in [0.1, 0.15) is 5.75 Å². The van der Waals surface area contributed by atoms with Gasteiger partial charge >= 0.3 is 0 Å². The largest absolute Gasteiger partial charge is 0.465 e. The van der Waals surface area contributed by atoms with Crippen LogP contribution in [0.4, 0.5) is 0 Å². The molecule has 1 fully saturated rings. The standard InChI is InChI=1S/C16H22O3/c17-12-4-1-2-6-14-8-10-15(11-9-14)19-16-7-3-5-13-18-16/h1,4,8-11,16-17H,2-3,5-7,12-13H2. The number of hydrogen-bond donors (Lipinski definition) is 1. The third-order valence-electron chi connectivity index (χ3n) is 3.20. The molecule has 1 N–H and O–H groups in total. The average Bonchev–Trinajstić information content (AvgIpc) is 2.46. The average molecular weight is 262 g/mol. The highest BCUT2D eigenvalue weighted by Crippen LogP contribution is 2.20. The number of benzene rings is 1. The lowest BCUT2D eigenvalue weighted by Gasteiger charge is -2.23. The molecule has 1 aromatic carbocycles. The van der Waals surface area contributed by atoms with Gasteiger partial charge in [0.2, 0.25) is 0 Å². The van der Waals surface area contributed by atoms with Crippen LogP contribution in [0.3, 0.4) is 0 Å². The molecule has 0 aliphatic carbocycles. The van der Waals surface area contributed by atoms with Gasteiger partial charge in [-0.3, -0.25) is 0 Å². The molecule has 104 valence electrons. The minimum Gasteiger partial charge on any atom is -0.465 e. The number of aliphatic hydroxyl groups is 1. The fraction of sp³-hybridized carbons (Fsp3) is 0.500. The highest BCUT2D eigenvalue weighted by Gasteiger charge is 2.14. The van der Waals surface area contributed by atoms with Crippen LogP contribution < -0.4 is 4.74 Å². The SMILES string of the molecule is OCC=CCCc1ccc(OC2CCCCO2)cc1. The zero-order chi connectivity index (χ0) is 13.3. The van der Waals surface area contributed by atoms with Gasteiger partial charge in [0.05, 0.1) is 13.2 Å². The number of aryl methyl sites for hydroxylation is 1. The van der Waals surface area contributed by atoms with E-state index in [9.17, 15) is 0 Å². The Bertz CT molecular complexity index is 377. The lowest BCUT2D eigenvalue weighted by Crippen LogP contribution is -2.24. The molecule has 1 unspecified atom stereocenters. The van der Waals surface area contributed by atoms with Gasteiger partial charge in [-0.1, -0.05) is 24.3 Å². The van der Waals surface area contributed by atoms with E-state index in [1.54, 1.807) is 6.08 Å². The quantitative estimate of drug-likeness (QED) is 0.801. The maximum Gasteiger partial charge on any atom is 0.199 e. The minimum absolute atomic E-state index is 0.0768. The first-order valence-corrected chi connectivity index (χ1v) is 7.01. The molecule has 0 spiro atoms. The van der Waals surface area contributed by atoms with Crippen molar-refractivity contribution in [3.05, 3.63) is 42.0 Å². The highest BCUT2D eigenvalue weighted by molar-refractivity contribution is 5.27. The fourth-order valence-corrected chi connectivity index (χ4v) is 2.13. The topological polar surface area (TPSA) is 38.7 Å². The van der Waals surface area contributed by atoms with Crippen LogP contribution in [-0.2, 0) is 11.2 Å². The van der Waals surface area contributed by atoms with E-state index in [0.717, 1.165) is 38.0 Å². The molecule has 1 saturated heterocycles. The van der Waals surface area contributed by atoms with Crippen LogP contribution in [0.15, 0.2) is 36.4 Å². The maximum absolute atomic E-state index is 8.64. The Labute approximate surface area is 114 Å². The van der Waals surface area contributed by atoms with E-state index in [0.29, 0.717) is 0 Å². The Morgan fingerprint density at radius 2 is 2.05 bits per heavy atom. The first-order chi connectivity index (χ1) is 9.38. The van der Waals surface area contributed by atoms with Crippen LogP contribution >= 0.6 is 0 Å². The van der Waals surface area contributed by atoms with Crippen LogP contribution in [-0.4, -0.2) is 24.6 Å². The second-order valence-electron chi connectivity index (χ2n) is 4.75. The number of hydrogen-bond acceptors (Lipinski definition) is 3. The molecule has 0 radical (unpaired) electrons. The molecule has 0 bridgehead atoms. The number of rotatable bonds is 6. The van der Waals surface area contributed by atoms with Gasteiger partial charge in [-0.05, 0) is 43.4 Å². The van der Waals surface area contributed by atoms with Crippen LogP contribution in [0.2, 0.25) is 0 Å². The van der Waals surface area contributed by atoms with Gasteiger partial charge in [0.15, 0.2) is 6.29 Å². The van der Waals surface area contributed by atoms with Gasteiger partial charge < -0.3 is 14.6 Å². The van der Waals surface area contributed by atoms with E-state index in [2.05, 4.69) is 12.1 Å². The van der Waals surface area contributed by atoms with Crippen molar-refractivity contribution in [1.29, 1.82) is 0 Å². The van der Waals surface area contributed by atoms with Crippen LogP contribution in [0.25, 0.3) is 0 Å². The number of aliphatic hydroxyl groups excluding tert-OH is 1. The third kappa shape index (κ3) is 5.05. The summed E-state index contributed by atoms with van der Waals surface area (Å²) in [7, 11) is 0. The summed E-state index contributed by atoms with van der Waals surface area (Å²) in [5, 5.41) is 8.64. The van der Waals surface area contributed by atoms with E-state index in [4.69, 9.17) is 14.6 Å². The molecule has 0 aromatic heterocycles. The molecule has 0 saturated carbocycles. The van der Waals surface area contributed by atoms with Crippen molar-refractivity contribution in [2.75, 3.05) is 13.2 Å². The second-order valence-corrected chi connectivity index (χ2v) is 4.75. The predicted molar refractivity (Wildman–Crippen MR) is 75.2 cm³/mol. The van der Waals surface area contributed by atoms with Crippen molar-refractivity contribution in [3.8, 4) is 5.75 Å². The molecule has 1 aromatic rings. The van der Waals surface area contributed by atoms with Crippen molar-refractivity contribution >= 4 is 0 Å². The lowest BCUT2D eigenvalue weighted by atomic mass is 10.1. The lowest BCUT2D eigenvalue weighted by molar-refractivity contribution is -0.105. The summed E-state index contributed by atoms with van der Waals surface area (Å²) in [5.74, 6) is 0.876. The van der Waals surface area contributed by atoms with E-state index >= 15 is 0 Å². The summed E-state index contributed by atoms with van der Waals surface area (Å²) >= 11 is 0. The van der Waals surface area contributed by atoms with Crippen molar-refractivity contribution in [3.63, 3.8) is 0 Å². The van der Waals surface area contributed by atoms with E-state index in [-0.39, 0.29) is 12.9 Å². The summed E-state index contributed by atoms with van der Waals surface area (Å²) in [4.78, 5) is 0. The molecule has 3 nitrogen and oxygen atoms in total. The monoisotopic (exact) mass is 262 g/mol. The predicted octanol–water partition coefficient (Wildman–Crippen LogP) is 3.07. The van der Waals surface area contributed by atoms with Gasteiger partial charge in [-0.25, -0.2) is 0 Å². The van der Waals surface area contributed by atoms with Gasteiger partial charge in [-0.2, -0.15) is 0 Å². The van der Waals surface area contributed by atoms with Crippen LogP contribution in [0, 0.1) is 0 Å². The zero-order valence-corrected chi connectivity index (χ0v) is 11.3. The highest BCUT2D eigenvalue weighted by atomic mass is 16.7. The normalized spacial score (nSPS) is 19.7. The van der Waals surface area contributed by atoms with Gasteiger partial charge in [0, 0.05) is 6.42 Å². The molecular weight excluding hydrogens is 240 g/mol. The Kier molecular flexibility index (Phi) is 5.92. The Morgan fingerprint density at radius 3 is 2.74 bits per heavy atom. The van der Waals surface area contributed by atoms with Gasteiger partial charge in [-0.15, -0.1) is 0 Å². The number of ether oxygens (including phenoxy) is 2. The molecule has 1 aliphatic heterocycles. The zero-order valence-electron chi connectivity index (χ0n) is 11.3. The molecular formula is C16H22O3. The summed E-state index contributed by atoms with van der Waals surface area (Å²) < 4.78 is 11.3. The van der Waals surface area contributed by atoms with Crippen molar-refractivity contribution < 1.29 is 14.6 Å². The molecule has 3 heteroatoms. The molecule has 0 amide bonds. The summed E-state index contributed by atoms with van der Waals surface area (Å²) in [5.41, 5.74) is 1.28. The molecule has 19 heavy (non-hydrogen) atoms. The first-order valence-electron chi connectivity index (χ1n) is 7.01.